The number of carbonyl (C=O) groups excluding carboxylic acids is 1. The summed E-state index contributed by atoms with van der Waals surface area (Å²) in [6.07, 6.45) is 6.39. The molecule has 3 aliphatic rings. The lowest BCUT2D eigenvalue weighted by Crippen LogP contribution is -2.44. The summed E-state index contributed by atoms with van der Waals surface area (Å²) in [4.78, 5) is 21.3. The maximum absolute atomic E-state index is 13.8. The van der Waals surface area contributed by atoms with Crippen molar-refractivity contribution in [2.45, 2.75) is 45.3 Å². The largest absolute Gasteiger partial charge is 0.493 e. The molecule has 0 N–H and O–H groups in total. The number of benzene rings is 3. The van der Waals surface area contributed by atoms with E-state index in [0.29, 0.717) is 28.9 Å². The Bertz CT molecular complexity index is 1450. The quantitative estimate of drug-likeness (QED) is 0.287. The molecular formula is C32H32N2O5S. The molecular weight excluding hydrogens is 524 g/mol. The Hall–Kier alpha value is -3.91. The molecule has 7 nitrogen and oxygen atoms in total. The number of nitrogens with zero attached hydrogens (tertiary/aromatic N) is 2. The Morgan fingerprint density at radius 2 is 1.82 bits per heavy atom. The van der Waals surface area contributed by atoms with Crippen molar-refractivity contribution in [2.75, 3.05) is 13.9 Å². The number of methoxy groups -OCH3 is 1. The Morgan fingerprint density at radius 3 is 2.65 bits per heavy atom. The zero-order chi connectivity index (χ0) is 27.5. The molecule has 0 radical (unpaired) electrons. The number of hydrogen-bond acceptors (Lipinski definition) is 7. The molecule has 2 fully saturated rings. The third-order valence-corrected chi connectivity index (χ3v) is 8.52. The van der Waals surface area contributed by atoms with Crippen LogP contribution in [0.5, 0.6) is 23.0 Å². The number of carbonyl (C=O) groups is 1. The van der Waals surface area contributed by atoms with Gasteiger partial charge in [-0.25, -0.2) is 4.99 Å². The summed E-state index contributed by atoms with van der Waals surface area (Å²) >= 11 is 1.44. The molecule has 8 heteroatoms. The van der Waals surface area contributed by atoms with E-state index < -0.39 is 0 Å². The summed E-state index contributed by atoms with van der Waals surface area (Å²) in [5.41, 5.74) is 2.67. The van der Waals surface area contributed by atoms with Crippen LogP contribution in [0.1, 0.15) is 43.7 Å². The van der Waals surface area contributed by atoms with Crippen molar-refractivity contribution in [3.63, 3.8) is 0 Å². The van der Waals surface area contributed by atoms with Crippen LogP contribution in [0.25, 0.3) is 6.08 Å². The summed E-state index contributed by atoms with van der Waals surface area (Å²) in [7, 11) is 1.62. The Labute approximate surface area is 238 Å². The SMILES string of the molecule is COc1cc(/C=C2\SC(=Nc3ccccc3)N([C@H]3CCCC[C@@H]3C)C2=O)ccc1OCc1ccc2c(c1)OCO2. The standard InChI is InChI=1S/C32H32N2O5S/c1-21-8-6-7-11-25(21)34-31(35)30(40-32(34)33-24-9-4-3-5-10-24)18-22-12-14-26(28(16-22)36-2)37-19-23-13-15-27-29(17-23)39-20-38-27/h3-5,9-10,12-18,21,25H,6-8,11,19-20H2,1-2H3/b30-18-,33-32?/t21-,25-/m0/s1. The number of para-hydroxylation sites is 1. The molecule has 3 aromatic rings. The van der Waals surface area contributed by atoms with Gasteiger partial charge in [-0.15, -0.1) is 0 Å². The van der Waals surface area contributed by atoms with Crippen LogP contribution in [0.4, 0.5) is 5.69 Å². The van der Waals surface area contributed by atoms with Gasteiger partial charge >= 0.3 is 0 Å². The van der Waals surface area contributed by atoms with Gasteiger partial charge in [0.1, 0.15) is 6.61 Å². The highest BCUT2D eigenvalue weighted by Crippen LogP contribution is 2.41. The monoisotopic (exact) mass is 556 g/mol. The fraction of sp³-hybridized carbons (Fsp3) is 0.312. The van der Waals surface area contributed by atoms with Crippen LogP contribution in [-0.4, -0.2) is 35.9 Å². The first-order valence-corrected chi connectivity index (χ1v) is 14.5. The Kier molecular flexibility index (Phi) is 7.68. The zero-order valence-electron chi connectivity index (χ0n) is 22.7. The van der Waals surface area contributed by atoms with E-state index in [1.165, 1.54) is 18.2 Å². The predicted molar refractivity (Wildman–Crippen MR) is 157 cm³/mol. The summed E-state index contributed by atoms with van der Waals surface area (Å²) in [5, 5.41) is 0.747. The third kappa shape index (κ3) is 5.54. The van der Waals surface area contributed by atoms with Gasteiger partial charge in [-0.05, 0) is 84.1 Å². The predicted octanol–water partition coefficient (Wildman–Crippen LogP) is 7.19. The first kappa shape index (κ1) is 26.3. The highest BCUT2D eigenvalue weighted by molar-refractivity contribution is 8.18. The van der Waals surface area contributed by atoms with Crippen LogP contribution in [0, 0.1) is 5.92 Å². The first-order chi connectivity index (χ1) is 19.6. The number of amides is 1. The lowest BCUT2D eigenvalue weighted by molar-refractivity contribution is -0.124. The van der Waals surface area contributed by atoms with E-state index in [9.17, 15) is 4.79 Å². The maximum Gasteiger partial charge on any atom is 0.267 e. The third-order valence-electron chi connectivity index (χ3n) is 7.53. The van der Waals surface area contributed by atoms with Gasteiger partial charge in [0.05, 0.1) is 17.7 Å². The fourth-order valence-corrected chi connectivity index (χ4v) is 6.43. The van der Waals surface area contributed by atoms with E-state index in [-0.39, 0.29) is 18.7 Å². The van der Waals surface area contributed by atoms with E-state index in [1.807, 2.05) is 77.7 Å². The zero-order valence-corrected chi connectivity index (χ0v) is 23.5. The fourth-order valence-electron chi connectivity index (χ4n) is 5.39. The van der Waals surface area contributed by atoms with Crippen LogP contribution in [-0.2, 0) is 11.4 Å². The Balaban J connectivity index is 1.24. The van der Waals surface area contributed by atoms with Gasteiger partial charge in [-0.2, -0.15) is 0 Å². The van der Waals surface area contributed by atoms with Crippen LogP contribution >= 0.6 is 11.8 Å². The molecule has 0 aromatic heterocycles. The highest BCUT2D eigenvalue weighted by atomic mass is 32.2. The molecule has 1 aliphatic carbocycles. The highest BCUT2D eigenvalue weighted by Gasteiger charge is 2.41. The molecule has 206 valence electrons. The van der Waals surface area contributed by atoms with Crippen LogP contribution < -0.4 is 18.9 Å². The number of fused-ring (bicyclic) bond motifs is 1. The van der Waals surface area contributed by atoms with Crippen molar-refractivity contribution in [3.8, 4) is 23.0 Å². The van der Waals surface area contributed by atoms with Gasteiger partial charge in [0, 0.05) is 6.04 Å². The van der Waals surface area contributed by atoms with Gasteiger partial charge in [-0.3, -0.25) is 9.69 Å². The lowest BCUT2D eigenvalue weighted by atomic mass is 9.85. The van der Waals surface area contributed by atoms with Gasteiger partial charge in [-0.1, -0.05) is 50.1 Å². The van der Waals surface area contributed by atoms with Gasteiger partial charge in [0.2, 0.25) is 6.79 Å². The molecule has 0 unspecified atom stereocenters. The second kappa shape index (κ2) is 11.7. The van der Waals surface area contributed by atoms with Crippen molar-refractivity contribution < 1.29 is 23.7 Å². The van der Waals surface area contributed by atoms with E-state index in [0.717, 1.165) is 52.7 Å². The second-order valence-corrected chi connectivity index (χ2v) is 11.2. The van der Waals surface area contributed by atoms with E-state index in [2.05, 4.69) is 6.92 Å². The summed E-state index contributed by atoms with van der Waals surface area (Å²) < 4.78 is 22.6. The van der Waals surface area contributed by atoms with E-state index in [1.54, 1.807) is 7.11 Å². The molecule has 40 heavy (non-hydrogen) atoms. The summed E-state index contributed by atoms with van der Waals surface area (Å²) in [6, 6.07) is 21.5. The molecule has 1 saturated carbocycles. The smallest absolute Gasteiger partial charge is 0.267 e. The first-order valence-electron chi connectivity index (χ1n) is 13.7. The van der Waals surface area contributed by atoms with Crippen LogP contribution in [0.15, 0.2) is 76.6 Å². The lowest BCUT2D eigenvalue weighted by Gasteiger charge is -2.35. The Morgan fingerprint density at radius 1 is 1.00 bits per heavy atom. The molecule has 3 aromatic carbocycles. The minimum Gasteiger partial charge on any atom is -0.493 e. The van der Waals surface area contributed by atoms with Gasteiger partial charge in [0.25, 0.3) is 5.91 Å². The van der Waals surface area contributed by atoms with Gasteiger partial charge in [0.15, 0.2) is 28.2 Å². The molecule has 0 spiro atoms. The molecule has 0 bridgehead atoms. The van der Waals surface area contributed by atoms with E-state index >= 15 is 0 Å². The number of aliphatic imine (C=N–C) groups is 1. The average molecular weight is 557 g/mol. The maximum atomic E-state index is 13.8. The average Bonchev–Trinajstić information content (AvgIpc) is 3.56. The van der Waals surface area contributed by atoms with Crippen molar-refractivity contribution in [1.82, 2.24) is 4.90 Å². The topological polar surface area (TPSA) is 69.6 Å². The minimum atomic E-state index is 0.0144. The number of thioether (sulfide) groups is 1. The molecule has 2 heterocycles. The number of hydrogen-bond donors (Lipinski definition) is 0. The number of ether oxygens (including phenoxy) is 4. The minimum absolute atomic E-state index is 0.0144. The van der Waals surface area contributed by atoms with Crippen LogP contribution in [0.2, 0.25) is 0 Å². The molecule has 2 aliphatic heterocycles. The summed E-state index contributed by atoms with van der Waals surface area (Å²) in [6.45, 7) is 2.84. The van der Waals surface area contributed by atoms with E-state index in [4.69, 9.17) is 23.9 Å². The molecule has 1 amide bonds. The number of amidine groups is 1. The number of rotatable bonds is 7. The van der Waals surface area contributed by atoms with Crippen molar-refractivity contribution in [3.05, 3.63) is 82.8 Å². The van der Waals surface area contributed by atoms with Crippen LogP contribution in [0.3, 0.4) is 0 Å². The molecule has 1 saturated heterocycles. The summed E-state index contributed by atoms with van der Waals surface area (Å²) in [5.74, 6) is 3.13. The van der Waals surface area contributed by atoms with Gasteiger partial charge < -0.3 is 18.9 Å². The second-order valence-electron chi connectivity index (χ2n) is 10.2. The van der Waals surface area contributed by atoms with Crippen molar-refractivity contribution in [1.29, 1.82) is 0 Å². The molecule has 6 rings (SSSR count). The van der Waals surface area contributed by atoms with Crippen molar-refractivity contribution >= 4 is 34.6 Å². The van der Waals surface area contributed by atoms with Crippen molar-refractivity contribution in [2.24, 2.45) is 10.9 Å². The normalized spacial score (nSPS) is 22.2. The molecule has 2 atom stereocenters.